The van der Waals surface area contributed by atoms with Crippen molar-refractivity contribution in [3.05, 3.63) is 6.08 Å². The average Bonchev–Trinajstić information content (AvgIpc) is 1.61. The summed E-state index contributed by atoms with van der Waals surface area (Å²) in [4.78, 5) is 30.6. The molecule has 0 aromatic heterocycles. The Morgan fingerprint density at radius 1 is 1.44 bits per heavy atom. The molecule has 0 unspecified atom stereocenters. The Labute approximate surface area is 51.9 Å². The molecule has 0 saturated carbocycles. The largest absolute Gasteiger partial charge is 0.466 e. The van der Waals surface area contributed by atoms with E-state index in [0.29, 0.717) is 0 Å². The molecule has 0 fully saturated rings. The van der Waals surface area contributed by atoms with Gasteiger partial charge in [0.05, 0.1) is 0 Å². The quantitative estimate of drug-likeness (QED) is 0.322. The molecule has 6 heteroatoms. The predicted molar refractivity (Wildman–Crippen MR) is 30.2 cm³/mol. The summed E-state index contributed by atoms with van der Waals surface area (Å²) >= 11 is 0. The maximum absolute atomic E-state index is 8.99. The van der Waals surface area contributed by atoms with Crippen molar-refractivity contribution in [2.75, 3.05) is 0 Å². The first-order valence-corrected chi connectivity index (χ1v) is 3.42. The molecular formula is C3H7O5P. The van der Waals surface area contributed by atoms with Gasteiger partial charge in [-0.3, -0.25) is 0 Å². The van der Waals surface area contributed by atoms with Crippen LogP contribution in [-0.2, 0) is 9.36 Å². The minimum atomic E-state index is -4.64. The van der Waals surface area contributed by atoms with Gasteiger partial charge in [-0.2, -0.15) is 0 Å². The van der Waals surface area contributed by atoms with Gasteiger partial charge >= 0.3 is 7.82 Å². The van der Waals surface area contributed by atoms with Crippen molar-refractivity contribution in [1.82, 2.24) is 0 Å². The van der Waals surface area contributed by atoms with E-state index >= 15 is 0 Å². The molecule has 0 rings (SSSR count). The van der Waals surface area contributed by atoms with Crippen LogP contribution in [0.4, 0.5) is 0 Å². The number of allylic oxidation sites excluding steroid dienone is 1. The number of hydrogen-bond acceptors (Lipinski definition) is 2. The van der Waals surface area contributed by atoms with Crippen LogP contribution in [0.5, 0.6) is 0 Å². The molecule has 0 aromatic carbocycles. The monoisotopic (exact) mass is 154 g/mol. The minimum absolute atomic E-state index is 1.32. The third-order valence-corrected chi connectivity index (χ3v) is 0.118. The molecular weight excluding hydrogens is 147 g/mol. The number of rotatable bonds is 0. The number of carbonyl (C=O) groups excluding carboxylic acids is 1. The second kappa shape index (κ2) is 5.69. The van der Waals surface area contributed by atoms with Crippen molar-refractivity contribution >= 4 is 13.8 Å². The Morgan fingerprint density at radius 3 is 1.56 bits per heavy atom. The van der Waals surface area contributed by atoms with Crippen LogP contribution < -0.4 is 0 Å². The molecule has 0 saturated heterocycles. The van der Waals surface area contributed by atoms with E-state index in [0.717, 1.165) is 0 Å². The fourth-order valence-electron chi connectivity index (χ4n) is 0. The van der Waals surface area contributed by atoms with E-state index < -0.39 is 7.82 Å². The molecule has 0 atom stereocenters. The SMILES string of the molecule is CC=C=O.O=P(O)(O)O. The summed E-state index contributed by atoms with van der Waals surface area (Å²) in [5, 5.41) is 0. The van der Waals surface area contributed by atoms with Crippen molar-refractivity contribution in [1.29, 1.82) is 0 Å². The summed E-state index contributed by atoms with van der Waals surface area (Å²) in [7, 11) is -4.64. The normalized spacial score (nSPS) is 8.44. The Kier molecular flexibility index (Phi) is 7.19. The molecule has 0 aromatic rings. The van der Waals surface area contributed by atoms with Gasteiger partial charge in [-0.15, -0.1) is 0 Å². The van der Waals surface area contributed by atoms with Crippen molar-refractivity contribution in [3.63, 3.8) is 0 Å². The lowest BCUT2D eigenvalue weighted by Crippen LogP contribution is -1.66. The van der Waals surface area contributed by atoms with E-state index in [4.69, 9.17) is 24.0 Å². The zero-order chi connectivity index (χ0) is 7.91. The van der Waals surface area contributed by atoms with Crippen LogP contribution in [-0.4, -0.2) is 20.6 Å². The molecule has 0 aliphatic heterocycles. The Bertz CT molecular complexity index is 132. The van der Waals surface area contributed by atoms with Gasteiger partial charge in [-0.25, -0.2) is 9.36 Å². The first-order chi connectivity index (χ1) is 3.91. The van der Waals surface area contributed by atoms with Gasteiger partial charge in [0.2, 0.25) is 0 Å². The summed E-state index contributed by atoms with van der Waals surface area (Å²) in [5.74, 6) is 1.56. The van der Waals surface area contributed by atoms with Crippen LogP contribution in [0.25, 0.3) is 0 Å². The van der Waals surface area contributed by atoms with Crippen LogP contribution in [0, 0.1) is 0 Å². The van der Waals surface area contributed by atoms with Gasteiger partial charge in [-0.1, -0.05) is 0 Å². The van der Waals surface area contributed by atoms with Crippen LogP contribution in [0.3, 0.4) is 0 Å². The molecule has 0 radical (unpaired) electrons. The lowest BCUT2D eigenvalue weighted by atomic mass is 10.8. The Hall–Kier alpha value is -0.440. The van der Waals surface area contributed by atoms with E-state index in [1.54, 1.807) is 12.9 Å². The van der Waals surface area contributed by atoms with E-state index in [1.807, 2.05) is 0 Å². The van der Waals surface area contributed by atoms with Gasteiger partial charge in [0.1, 0.15) is 5.94 Å². The number of hydrogen-bond donors (Lipinski definition) is 3. The van der Waals surface area contributed by atoms with Gasteiger partial charge in [0, 0.05) is 0 Å². The van der Waals surface area contributed by atoms with Gasteiger partial charge in [0.25, 0.3) is 0 Å². The zero-order valence-corrected chi connectivity index (χ0v) is 5.58. The maximum atomic E-state index is 8.99. The second-order valence-electron chi connectivity index (χ2n) is 0.920. The zero-order valence-electron chi connectivity index (χ0n) is 4.68. The van der Waals surface area contributed by atoms with Crippen LogP contribution in [0.15, 0.2) is 6.08 Å². The third-order valence-electron chi connectivity index (χ3n) is 0.118. The van der Waals surface area contributed by atoms with Crippen LogP contribution in [0.1, 0.15) is 6.92 Å². The fraction of sp³-hybridized carbons (Fsp3) is 0.333. The fourth-order valence-corrected chi connectivity index (χ4v) is 0. The molecule has 9 heavy (non-hydrogen) atoms. The standard InChI is InChI=1S/C3H4O.H3O4P/c1-2-3-4;1-5(2,3)4/h2H,1H3;(H3,1,2,3,4). The topological polar surface area (TPSA) is 94.8 Å². The second-order valence-corrected chi connectivity index (χ2v) is 1.95. The first kappa shape index (κ1) is 11.4. The van der Waals surface area contributed by atoms with Crippen molar-refractivity contribution in [2.45, 2.75) is 6.92 Å². The molecule has 0 aliphatic carbocycles. The summed E-state index contributed by atoms with van der Waals surface area (Å²) in [5.41, 5.74) is 0. The van der Waals surface area contributed by atoms with Gasteiger partial charge in [0.15, 0.2) is 0 Å². The molecule has 54 valence electrons. The van der Waals surface area contributed by atoms with Gasteiger partial charge in [-0.05, 0) is 13.0 Å². The number of phosphoric acid groups is 1. The van der Waals surface area contributed by atoms with E-state index in [1.165, 1.54) is 6.08 Å². The molecule has 0 heterocycles. The lowest BCUT2D eigenvalue weighted by Gasteiger charge is -1.82. The molecule has 0 aliphatic rings. The highest BCUT2D eigenvalue weighted by atomic mass is 31.2. The van der Waals surface area contributed by atoms with E-state index in [-0.39, 0.29) is 0 Å². The smallest absolute Gasteiger partial charge is 0.303 e. The highest BCUT2D eigenvalue weighted by Gasteiger charge is 2.00. The molecule has 0 bridgehead atoms. The highest BCUT2D eigenvalue weighted by Crippen LogP contribution is 2.25. The first-order valence-electron chi connectivity index (χ1n) is 1.85. The van der Waals surface area contributed by atoms with Crippen molar-refractivity contribution < 1.29 is 24.0 Å². The Balaban J connectivity index is 0. The van der Waals surface area contributed by atoms with E-state index in [2.05, 4.69) is 0 Å². The van der Waals surface area contributed by atoms with Crippen LogP contribution in [0.2, 0.25) is 0 Å². The van der Waals surface area contributed by atoms with Crippen LogP contribution >= 0.6 is 7.82 Å². The summed E-state index contributed by atoms with van der Waals surface area (Å²) in [6.45, 7) is 1.63. The average molecular weight is 154 g/mol. The van der Waals surface area contributed by atoms with E-state index in [9.17, 15) is 0 Å². The van der Waals surface area contributed by atoms with Gasteiger partial charge < -0.3 is 14.7 Å². The Morgan fingerprint density at radius 2 is 1.56 bits per heavy atom. The maximum Gasteiger partial charge on any atom is 0.466 e. The lowest BCUT2D eigenvalue weighted by molar-refractivity contribution is 0.275. The van der Waals surface area contributed by atoms with Crippen molar-refractivity contribution in [3.8, 4) is 0 Å². The third kappa shape index (κ3) is 745. The summed E-state index contributed by atoms with van der Waals surface area (Å²) in [6, 6.07) is 0. The molecule has 0 spiro atoms. The summed E-state index contributed by atoms with van der Waals surface area (Å²) < 4.78 is 8.88. The molecule has 3 N–H and O–H groups in total. The highest BCUT2D eigenvalue weighted by molar-refractivity contribution is 7.45. The predicted octanol–water partition coefficient (Wildman–Crippen LogP) is -0.534. The minimum Gasteiger partial charge on any atom is -0.303 e. The molecule has 5 nitrogen and oxygen atoms in total. The summed E-state index contributed by atoms with van der Waals surface area (Å²) in [6.07, 6.45) is 1.32. The molecule has 0 amide bonds. The van der Waals surface area contributed by atoms with Crippen molar-refractivity contribution in [2.24, 2.45) is 0 Å².